The number of hydrogen-bond donors (Lipinski definition) is 1. The highest BCUT2D eigenvalue weighted by atomic mass is 35.5. The molecule has 0 aliphatic heterocycles. The minimum absolute atomic E-state index is 0.0977. The van der Waals surface area contributed by atoms with Crippen molar-refractivity contribution in [2.75, 3.05) is 0 Å². The monoisotopic (exact) mass is 308 g/mol. The van der Waals surface area contributed by atoms with Gasteiger partial charge >= 0.3 is 0 Å². The Labute approximate surface area is 134 Å². The van der Waals surface area contributed by atoms with Gasteiger partial charge in [-0.05, 0) is 53.6 Å². The summed E-state index contributed by atoms with van der Waals surface area (Å²) in [6.45, 7) is 13.4. The molecule has 0 bridgehead atoms. The summed E-state index contributed by atoms with van der Waals surface area (Å²) in [5.74, 6) is 1.53. The lowest BCUT2D eigenvalue weighted by atomic mass is 9.66. The summed E-state index contributed by atoms with van der Waals surface area (Å²) in [5, 5.41) is 10.8. The molecule has 0 amide bonds. The van der Waals surface area contributed by atoms with Gasteiger partial charge in [0.25, 0.3) is 0 Å². The van der Waals surface area contributed by atoms with Crippen molar-refractivity contribution in [3.05, 3.63) is 28.3 Å². The molecule has 1 aliphatic rings. The van der Waals surface area contributed by atoms with Gasteiger partial charge in [-0.1, -0.05) is 59.2 Å². The Bertz CT molecular complexity index is 525. The zero-order valence-electron chi connectivity index (χ0n) is 14.3. The fourth-order valence-corrected chi connectivity index (χ4v) is 4.26. The normalized spacial score (nSPS) is 25.9. The second-order valence-corrected chi connectivity index (χ2v) is 9.17. The van der Waals surface area contributed by atoms with Gasteiger partial charge in [-0.2, -0.15) is 0 Å². The highest BCUT2D eigenvalue weighted by Gasteiger charge is 2.33. The average molecular weight is 309 g/mol. The summed E-state index contributed by atoms with van der Waals surface area (Å²) in [6.07, 6.45) is 3.71. The first-order valence-electron chi connectivity index (χ1n) is 8.02. The highest BCUT2D eigenvalue weighted by molar-refractivity contribution is 6.32. The lowest BCUT2D eigenvalue weighted by molar-refractivity contribution is 0.168. The van der Waals surface area contributed by atoms with E-state index in [9.17, 15) is 5.11 Å². The molecule has 1 aromatic carbocycles. The minimum Gasteiger partial charge on any atom is -0.506 e. The molecule has 1 N–H and O–H groups in total. The Hall–Kier alpha value is -0.690. The Balaban J connectivity index is 2.43. The van der Waals surface area contributed by atoms with Gasteiger partial charge < -0.3 is 5.11 Å². The predicted molar refractivity (Wildman–Crippen MR) is 91.4 cm³/mol. The van der Waals surface area contributed by atoms with Crippen molar-refractivity contribution in [2.45, 2.75) is 72.1 Å². The van der Waals surface area contributed by atoms with Gasteiger partial charge in [-0.15, -0.1) is 0 Å². The van der Waals surface area contributed by atoms with Gasteiger partial charge in [0.05, 0.1) is 5.02 Å². The maximum absolute atomic E-state index is 10.3. The molecular weight excluding hydrogens is 280 g/mol. The minimum atomic E-state index is -0.0977. The molecule has 2 rings (SSSR count). The number of hydrogen-bond acceptors (Lipinski definition) is 1. The second-order valence-electron chi connectivity index (χ2n) is 8.76. The van der Waals surface area contributed by atoms with Crippen LogP contribution in [0.1, 0.15) is 77.8 Å². The van der Waals surface area contributed by atoms with Crippen LogP contribution in [0.25, 0.3) is 0 Å². The van der Waals surface area contributed by atoms with Crippen molar-refractivity contribution in [1.29, 1.82) is 0 Å². The van der Waals surface area contributed by atoms with Crippen molar-refractivity contribution in [2.24, 2.45) is 11.3 Å². The number of halogens is 1. The first-order chi connectivity index (χ1) is 9.49. The molecule has 0 spiro atoms. The molecule has 1 nitrogen and oxygen atoms in total. The van der Waals surface area contributed by atoms with Crippen LogP contribution < -0.4 is 0 Å². The molecule has 1 aliphatic carbocycles. The molecule has 2 atom stereocenters. The van der Waals surface area contributed by atoms with Crippen molar-refractivity contribution < 1.29 is 5.11 Å². The van der Waals surface area contributed by atoms with E-state index in [0.29, 0.717) is 16.4 Å². The molecule has 2 heteroatoms. The van der Waals surface area contributed by atoms with Gasteiger partial charge in [-0.25, -0.2) is 0 Å². The van der Waals surface area contributed by atoms with Crippen LogP contribution in [0, 0.1) is 11.3 Å². The van der Waals surface area contributed by atoms with Crippen LogP contribution in [0.2, 0.25) is 5.02 Å². The third-order valence-electron chi connectivity index (χ3n) is 4.75. The smallest absolute Gasteiger partial charge is 0.137 e. The van der Waals surface area contributed by atoms with E-state index in [-0.39, 0.29) is 11.2 Å². The fraction of sp³-hybridized carbons (Fsp3) is 0.684. The summed E-state index contributed by atoms with van der Waals surface area (Å²) in [6, 6.07) is 4.16. The van der Waals surface area contributed by atoms with Crippen LogP contribution in [0.4, 0.5) is 0 Å². The van der Waals surface area contributed by atoms with Crippen molar-refractivity contribution >= 4 is 11.6 Å². The number of rotatable bonds is 1. The van der Waals surface area contributed by atoms with Gasteiger partial charge in [0.15, 0.2) is 0 Å². The van der Waals surface area contributed by atoms with Crippen LogP contribution in [0.15, 0.2) is 12.1 Å². The van der Waals surface area contributed by atoms with Gasteiger partial charge in [0.2, 0.25) is 0 Å². The molecule has 1 saturated carbocycles. The van der Waals surface area contributed by atoms with E-state index in [0.717, 1.165) is 11.5 Å². The van der Waals surface area contributed by atoms with Crippen molar-refractivity contribution in [3.63, 3.8) is 0 Å². The maximum Gasteiger partial charge on any atom is 0.137 e. The predicted octanol–water partition coefficient (Wildman–Crippen LogP) is 6.27. The van der Waals surface area contributed by atoms with Gasteiger partial charge in [0, 0.05) is 5.56 Å². The van der Waals surface area contributed by atoms with E-state index in [4.69, 9.17) is 11.6 Å². The Morgan fingerprint density at radius 1 is 1.19 bits per heavy atom. The summed E-state index contributed by atoms with van der Waals surface area (Å²) >= 11 is 6.30. The zero-order valence-corrected chi connectivity index (χ0v) is 15.0. The average Bonchev–Trinajstić information content (AvgIpc) is 2.28. The standard InChI is InChI=1S/C19H29ClO/c1-12-7-14(11-19(5,6)10-12)13-8-15(18(2,3)4)17(21)16(20)9-13/h8-9,12,14,21H,7,10-11H2,1-6H3/t12?,14-/m0/s1. The third kappa shape index (κ3) is 3.74. The Kier molecular flexibility index (Phi) is 4.37. The Morgan fingerprint density at radius 2 is 1.81 bits per heavy atom. The molecule has 0 radical (unpaired) electrons. The molecule has 0 saturated heterocycles. The molecule has 1 fully saturated rings. The topological polar surface area (TPSA) is 20.2 Å². The zero-order chi connectivity index (χ0) is 16.0. The summed E-state index contributed by atoms with van der Waals surface area (Å²) in [7, 11) is 0. The summed E-state index contributed by atoms with van der Waals surface area (Å²) in [4.78, 5) is 0. The van der Waals surface area contributed by atoms with Crippen molar-refractivity contribution in [3.8, 4) is 5.75 Å². The molecule has 1 aromatic rings. The molecule has 0 heterocycles. The molecule has 21 heavy (non-hydrogen) atoms. The van der Waals surface area contributed by atoms with Crippen LogP contribution in [-0.4, -0.2) is 5.11 Å². The van der Waals surface area contributed by atoms with E-state index >= 15 is 0 Å². The number of benzene rings is 1. The first-order valence-corrected chi connectivity index (χ1v) is 8.40. The lowest BCUT2D eigenvalue weighted by Gasteiger charge is -2.39. The van der Waals surface area contributed by atoms with Gasteiger partial charge in [-0.3, -0.25) is 0 Å². The van der Waals surface area contributed by atoms with Crippen LogP contribution >= 0.6 is 11.6 Å². The van der Waals surface area contributed by atoms with E-state index in [1.54, 1.807) is 0 Å². The molecule has 1 unspecified atom stereocenters. The quantitative estimate of drug-likeness (QED) is 0.648. The molecule has 118 valence electrons. The van der Waals surface area contributed by atoms with Crippen molar-refractivity contribution in [1.82, 2.24) is 0 Å². The Morgan fingerprint density at radius 3 is 2.33 bits per heavy atom. The fourth-order valence-electron chi connectivity index (χ4n) is 4.03. The number of phenolic OH excluding ortho intramolecular Hbond substituents is 1. The van der Waals surface area contributed by atoms with E-state index in [2.05, 4.69) is 47.6 Å². The highest BCUT2D eigenvalue weighted by Crippen LogP contribution is 2.48. The number of phenols is 1. The summed E-state index contributed by atoms with van der Waals surface area (Å²) in [5.41, 5.74) is 2.54. The second kappa shape index (κ2) is 5.50. The van der Waals surface area contributed by atoms with E-state index in [1.807, 2.05) is 6.07 Å². The van der Waals surface area contributed by atoms with Crippen LogP contribution in [0.3, 0.4) is 0 Å². The van der Waals surface area contributed by atoms with Gasteiger partial charge in [0.1, 0.15) is 5.75 Å². The SMILES string of the molecule is CC1C[C@H](c2cc(Cl)c(O)c(C(C)(C)C)c2)CC(C)(C)C1. The summed E-state index contributed by atoms with van der Waals surface area (Å²) < 4.78 is 0. The van der Waals surface area contributed by atoms with E-state index < -0.39 is 0 Å². The molecular formula is C19H29ClO. The number of aromatic hydroxyl groups is 1. The van der Waals surface area contributed by atoms with Crippen LogP contribution in [-0.2, 0) is 5.41 Å². The lowest BCUT2D eigenvalue weighted by Crippen LogP contribution is -2.26. The van der Waals surface area contributed by atoms with Crippen LogP contribution in [0.5, 0.6) is 5.75 Å². The third-order valence-corrected chi connectivity index (χ3v) is 5.04. The first kappa shape index (κ1) is 16.7. The maximum atomic E-state index is 10.3. The largest absolute Gasteiger partial charge is 0.506 e. The van der Waals surface area contributed by atoms with E-state index in [1.165, 1.54) is 24.8 Å². The molecule has 0 aromatic heterocycles.